The van der Waals surface area contributed by atoms with Crippen molar-refractivity contribution in [2.75, 3.05) is 17.6 Å². The Morgan fingerprint density at radius 2 is 2.27 bits per heavy atom. The molecule has 1 aromatic heterocycles. The van der Waals surface area contributed by atoms with Gasteiger partial charge in [-0.25, -0.2) is 4.98 Å². The zero-order valence-corrected chi connectivity index (χ0v) is 9.30. The molecular formula is C10H15ClN4. The molecular weight excluding hydrogens is 212 g/mol. The van der Waals surface area contributed by atoms with Crippen LogP contribution in [-0.2, 0) is 0 Å². The summed E-state index contributed by atoms with van der Waals surface area (Å²) in [6.45, 7) is 0.928. The summed E-state index contributed by atoms with van der Waals surface area (Å²) >= 11 is 5.76. The molecule has 0 saturated heterocycles. The number of anilines is 2. The van der Waals surface area contributed by atoms with Gasteiger partial charge in [0.2, 0.25) is 5.95 Å². The third-order valence-electron chi connectivity index (χ3n) is 2.80. The molecule has 1 aromatic rings. The van der Waals surface area contributed by atoms with Crippen LogP contribution in [0.15, 0.2) is 6.07 Å². The van der Waals surface area contributed by atoms with Crippen molar-refractivity contribution in [1.82, 2.24) is 9.97 Å². The van der Waals surface area contributed by atoms with Crippen LogP contribution in [-0.4, -0.2) is 16.5 Å². The lowest BCUT2D eigenvalue weighted by Crippen LogP contribution is -2.16. The molecule has 1 aliphatic rings. The van der Waals surface area contributed by atoms with Crippen molar-refractivity contribution >= 4 is 23.4 Å². The van der Waals surface area contributed by atoms with E-state index in [1.54, 1.807) is 6.07 Å². The molecule has 0 amide bonds. The van der Waals surface area contributed by atoms with E-state index in [1.165, 1.54) is 25.7 Å². The zero-order valence-electron chi connectivity index (χ0n) is 8.54. The van der Waals surface area contributed by atoms with Crippen molar-refractivity contribution in [2.45, 2.75) is 25.7 Å². The molecule has 0 aliphatic heterocycles. The molecule has 15 heavy (non-hydrogen) atoms. The van der Waals surface area contributed by atoms with Gasteiger partial charge in [0.25, 0.3) is 0 Å². The largest absolute Gasteiger partial charge is 0.370 e. The van der Waals surface area contributed by atoms with Crippen molar-refractivity contribution in [3.63, 3.8) is 0 Å². The van der Waals surface area contributed by atoms with Gasteiger partial charge < -0.3 is 11.1 Å². The molecule has 0 unspecified atom stereocenters. The summed E-state index contributed by atoms with van der Waals surface area (Å²) in [7, 11) is 0. The molecule has 0 radical (unpaired) electrons. The average Bonchev–Trinajstić information content (AvgIpc) is 2.07. The van der Waals surface area contributed by atoms with E-state index >= 15 is 0 Å². The van der Waals surface area contributed by atoms with E-state index in [1.807, 2.05) is 0 Å². The van der Waals surface area contributed by atoms with E-state index < -0.39 is 0 Å². The van der Waals surface area contributed by atoms with Crippen LogP contribution in [0.4, 0.5) is 11.8 Å². The molecule has 0 spiro atoms. The van der Waals surface area contributed by atoms with E-state index in [-0.39, 0.29) is 5.95 Å². The third-order valence-corrected chi connectivity index (χ3v) is 2.99. The van der Waals surface area contributed by atoms with Crippen LogP contribution in [0.3, 0.4) is 0 Å². The molecule has 1 heterocycles. The summed E-state index contributed by atoms with van der Waals surface area (Å²) in [6, 6.07) is 1.69. The van der Waals surface area contributed by atoms with Crippen LogP contribution < -0.4 is 11.1 Å². The Morgan fingerprint density at radius 1 is 1.47 bits per heavy atom. The molecule has 0 atom stereocenters. The monoisotopic (exact) mass is 226 g/mol. The van der Waals surface area contributed by atoms with Crippen LogP contribution >= 0.6 is 11.6 Å². The maximum atomic E-state index is 5.76. The molecule has 2 rings (SSSR count). The molecule has 5 heteroatoms. The Labute approximate surface area is 94.2 Å². The second-order valence-electron chi connectivity index (χ2n) is 3.95. The minimum atomic E-state index is 0.216. The quantitative estimate of drug-likeness (QED) is 0.774. The van der Waals surface area contributed by atoms with Crippen molar-refractivity contribution in [3.8, 4) is 0 Å². The number of hydrogen-bond donors (Lipinski definition) is 2. The first kappa shape index (κ1) is 10.5. The minimum absolute atomic E-state index is 0.216. The number of nitrogen functional groups attached to an aromatic ring is 1. The molecule has 82 valence electrons. The number of nitrogens with two attached hydrogens (primary N) is 1. The lowest BCUT2D eigenvalue weighted by molar-refractivity contribution is 0.303. The van der Waals surface area contributed by atoms with Gasteiger partial charge >= 0.3 is 0 Å². The standard InChI is InChI=1S/C10H15ClN4/c11-8-6-9(15-10(12)14-8)13-5-4-7-2-1-3-7/h6-7H,1-5H2,(H3,12,13,14,15). The summed E-state index contributed by atoms with van der Waals surface area (Å²) in [5, 5.41) is 3.59. The van der Waals surface area contributed by atoms with Crippen LogP contribution in [0.2, 0.25) is 5.15 Å². The van der Waals surface area contributed by atoms with Gasteiger partial charge in [0.05, 0.1) is 0 Å². The molecule has 0 bridgehead atoms. The third kappa shape index (κ3) is 2.96. The van der Waals surface area contributed by atoms with Crippen LogP contribution in [0.1, 0.15) is 25.7 Å². The highest BCUT2D eigenvalue weighted by Crippen LogP contribution is 2.29. The molecule has 3 N–H and O–H groups in total. The Balaban J connectivity index is 1.81. The number of aromatic nitrogens is 2. The van der Waals surface area contributed by atoms with E-state index in [0.29, 0.717) is 11.0 Å². The fourth-order valence-electron chi connectivity index (χ4n) is 1.71. The molecule has 1 fully saturated rings. The zero-order chi connectivity index (χ0) is 10.7. The number of rotatable bonds is 4. The first-order valence-corrected chi connectivity index (χ1v) is 5.66. The summed E-state index contributed by atoms with van der Waals surface area (Å²) in [6.07, 6.45) is 5.32. The topological polar surface area (TPSA) is 63.8 Å². The Bertz CT molecular complexity index is 318. The van der Waals surface area contributed by atoms with Gasteiger partial charge in [-0.1, -0.05) is 30.9 Å². The number of nitrogens with one attached hydrogen (secondary N) is 1. The summed E-state index contributed by atoms with van der Waals surface area (Å²) in [5.41, 5.74) is 5.48. The second kappa shape index (κ2) is 4.66. The van der Waals surface area contributed by atoms with E-state index in [2.05, 4.69) is 15.3 Å². The fraction of sp³-hybridized carbons (Fsp3) is 0.600. The maximum absolute atomic E-state index is 5.76. The Hall–Kier alpha value is -1.03. The summed E-state index contributed by atoms with van der Waals surface area (Å²) < 4.78 is 0. The highest BCUT2D eigenvalue weighted by molar-refractivity contribution is 6.29. The van der Waals surface area contributed by atoms with Gasteiger partial charge in [0.15, 0.2) is 0 Å². The number of halogens is 1. The van der Waals surface area contributed by atoms with E-state index in [0.717, 1.165) is 12.5 Å². The van der Waals surface area contributed by atoms with Crippen LogP contribution in [0.25, 0.3) is 0 Å². The SMILES string of the molecule is Nc1nc(Cl)cc(NCCC2CCC2)n1. The van der Waals surface area contributed by atoms with Crippen molar-refractivity contribution in [1.29, 1.82) is 0 Å². The van der Waals surface area contributed by atoms with Crippen LogP contribution in [0, 0.1) is 5.92 Å². The van der Waals surface area contributed by atoms with Crippen LogP contribution in [0.5, 0.6) is 0 Å². The van der Waals surface area contributed by atoms with Gasteiger partial charge in [-0.15, -0.1) is 0 Å². The van der Waals surface area contributed by atoms with E-state index in [4.69, 9.17) is 17.3 Å². The molecule has 1 saturated carbocycles. The summed E-state index contributed by atoms with van der Waals surface area (Å²) in [5.74, 6) is 1.83. The number of hydrogen-bond acceptors (Lipinski definition) is 4. The Morgan fingerprint density at radius 3 is 2.87 bits per heavy atom. The highest BCUT2D eigenvalue weighted by Gasteiger charge is 2.16. The van der Waals surface area contributed by atoms with Gasteiger partial charge in [-0.05, 0) is 12.3 Å². The first-order chi connectivity index (χ1) is 7.24. The molecule has 4 nitrogen and oxygen atoms in total. The molecule has 0 aromatic carbocycles. The summed E-state index contributed by atoms with van der Waals surface area (Å²) in [4.78, 5) is 7.84. The predicted molar refractivity (Wildman–Crippen MR) is 61.9 cm³/mol. The van der Waals surface area contributed by atoms with Gasteiger partial charge in [0, 0.05) is 12.6 Å². The van der Waals surface area contributed by atoms with Gasteiger partial charge in [0.1, 0.15) is 11.0 Å². The molecule has 1 aliphatic carbocycles. The lowest BCUT2D eigenvalue weighted by Gasteiger charge is -2.25. The number of nitrogens with zero attached hydrogens (tertiary/aromatic N) is 2. The Kier molecular flexibility index (Phi) is 3.26. The first-order valence-electron chi connectivity index (χ1n) is 5.28. The fourth-order valence-corrected chi connectivity index (χ4v) is 1.90. The lowest BCUT2D eigenvalue weighted by atomic mass is 9.83. The average molecular weight is 227 g/mol. The maximum Gasteiger partial charge on any atom is 0.223 e. The van der Waals surface area contributed by atoms with Crippen molar-refractivity contribution in [3.05, 3.63) is 11.2 Å². The highest BCUT2D eigenvalue weighted by atomic mass is 35.5. The van der Waals surface area contributed by atoms with Crippen molar-refractivity contribution in [2.24, 2.45) is 5.92 Å². The van der Waals surface area contributed by atoms with Gasteiger partial charge in [-0.2, -0.15) is 4.98 Å². The van der Waals surface area contributed by atoms with E-state index in [9.17, 15) is 0 Å². The normalized spacial score (nSPS) is 16.1. The predicted octanol–water partition coefficient (Wildman–Crippen LogP) is 2.31. The minimum Gasteiger partial charge on any atom is -0.370 e. The smallest absolute Gasteiger partial charge is 0.223 e. The van der Waals surface area contributed by atoms with Crippen molar-refractivity contribution < 1.29 is 0 Å². The van der Waals surface area contributed by atoms with Gasteiger partial charge in [-0.3, -0.25) is 0 Å². The second-order valence-corrected chi connectivity index (χ2v) is 4.33.